The lowest BCUT2D eigenvalue weighted by molar-refractivity contribution is -0.141. The summed E-state index contributed by atoms with van der Waals surface area (Å²) in [6.07, 6.45) is 1.30. The molecular formula is C21H18F2N2O5. The van der Waals surface area contributed by atoms with Gasteiger partial charge < -0.3 is 15.0 Å². The average molecular weight is 416 g/mol. The van der Waals surface area contributed by atoms with Crippen LogP contribution in [-0.4, -0.2) is 43.3 Å². The van der Waals surface area contributed by atoms with Gasteiger partial charge in [0.15, 0.2) is 24.0 Å². The highest BCUT2D eigenvalue weighted by Crippen LogP contribution is 2.21. The minimum Gasteiger partial charge on any atom is -0.456 e. The Balaban J connectivity index is 1.46. The van der Waals surface area contributed by atoms with E-state index in [1.54, 1.807) is 17.0 Å². The third-order valence-corrected chi connectivity index (χ3v) is 4.51. The standard InChI is InChI=1S/C21H18F2N2O5/c22-16-8-5-14(10-17(16)23)18(26)12-30-20(28)11-24-21(29)13-3-6-15(7-4-13)25-9-1-2-19(25)27/h3-8,10H,1-2,9,11-12H2,(H,24,29). The van der Waals surface area contributed by atoms with Crippen molar-refractivity contribution in [3.63, 3.8) is 0 Å². The van der Waals surface area contributed by atoms with Crippen LogP contribution in [0.3, 0.4) is 0 Å². The number of carbonyl (C=O) groups excluding carboxylic acids is 4. The van der Waals surface area contributed by atoms with Crippen molar-refractivity contribution in [3.05, 3.63) is 65.2 Å². The number of ketones is 1. The molecule has 1 N–H and O–H groups in total. The van der Waals surface area contributed by atoms with Crippen molar-refractivity contribution >= 4 is 29.3 Å². The topological polar surface area (TPSA) is 92.8 Å². The Labute approximate surface area is 170 Å². The molecule has 1 saturated heterocycles. The maximum atomic E-state index is 13.1. The molecule has 2 aromatic carbocycles. The molecule has 0 aromatic heterocycles. The first-order valence-electron chi connectivity index (χ1n) is 9.17. The number of nitrogens with one attached hydrogen (secondary N) is 1. The molecule has 0 radical (unpaired) electrons. The van der Waals surface area contributed by atoms with E-state index < -0.39 is 42.4 Å². The maximum Gasteiger partial charge on any atom is 0.325 e. The van der Waals surface area contributed by atoms with Crippen LogP contribution in [0.1, 0.15) is 33.6 Å². The Morgan fingerprint density at radius 3 is 2.33 bits per heavy atom. The van der Waals surface area contributed by atoms with E-state index in [0.29, 0.717) is 24.7 Å². The predicted molar refractivity (Wildman–Crippen MR) is 102 cm³/mol. The SMILES string of the molecule is O=C(CNC(=O)c1ccc(N2CCCC2=O)cc1)OCC(=O)c1ccc(F)c(F)c1. The van der Waals surface area contributed by atoms with Crippen molar-refractivity contribution < 1.29 is 32.7 Å². The van der Waals surface area contributed by atoms with E-state index in [0.717, 1.165) is 18.6 Å². The summed E-state index contributed by atoms with van der Waals surface area (Å²) in [5.74, 6) is -4.34. The number of amides is 2. The van der Waals surface area contributed by atoms with Gasteiger partial charge in [0, 0.05) is 29.8 Å². The fourth-order valence-corrected chi connectivity index (χ4v) is 2.92. The number of carbonyl (C=O) groups is 4. The molecule has 2 aromatic rings. The van der Waals surface area contributed by atoms with E-state index in [2.05, 4.69) is 5.32 Å². The number of hydrogen-bond acceptors (Lipinski definition) is 5. The van der Waals surface area contributed by atoms with Crippen molar-refractivity contribution in [3.8, 4) is 0 Å². The van der Waals surface area contributed by atoms with E-state index in [1.165, 1.54) is 12.1 Å². The van der Waals surface area contributed by atoms with E-state index in [1.807, 2.05) is 0 Å². The Morgan fingerprint density at radius 1 is 1.00 bits per heavy atom. The van der Waals surface area contributed by atoms with Gasteiger partial charge in [0.1, 0.15) is 6.54 Å². The summed E-state index contributed by atoms with van der Waals surface area (Å²) >= 11 is 0. The predicted octanol–water partition coefficient (Wildman–Crippen LogP) is 2.25. The van der Waals surface area contributed by atoms with E-state index in [4.69, 9.17) is 4.74 Å². The molecule has 9 heteroatoms. The third kappa shape index (κ3) is 5.05. The Morgan fingerprint density at radius 2 is 1.70 bits per heavy atom. The number of halogens is 2. The minimum absolute atomic E-state index is 0.0351. The highest BCUT2D eigenvalue weighted by molar-refractivity contribution is 5.99. The van der Waals surface area contributed by atoms with Gasteiger partial charge in [-0.2, -0.15) is 0 Å². The van der Waals surface area contributed by atoms with Gasteiger partial charge in [-0.05, 0) is 48.9 Å². The number of anilines is 1. The van der Waals surface area contributed by atoms with E-state index >= 15 is 0 Å². The second-order valence-electron chi connectivity index (χ2n) is 6.59. The van der Waals surface area contributed by atoms with Gasteiger partial charge in [-0.3, -0.25) is 19.2 Å². The summed E-state index contributed by atoms with van der Waals surface area (Å²) in [6, 6.07) is 8.97. The molecule has 3 rings (SSSR count). The highest BCUT2D eigenvalue weighted by atomic mass is 19.2. The maximum absolute atomic E-state index is 13.1. The quantitative estimate of drug-likeness (QED) is 0.552. The van der Waals surface area contributed by atoms with Gasteiger partial charge in [-0.15, -0.1) is 0 Å². The van der Waals surface area contributed by atoms with Crippen molar-refractivity contribution in [2.45, 2.75) is 12.8 Å². The number of Topliss-reactive ketones (excluding diaryl/α,β-unsaturated/α-hetero) is 1. The minimum atomic E-state index is -1.18. The molecule has 1 aliphatic rings. The first kappa shape index (κ1) is 21.1. The molecule has 0 bridgehead atoms. The van der Waals surface area contributed by atoms with Crippen LogP contribution >= 0.6 is 0 Å². The second kappa shape index (κ2) is 9.25. The molecule has 1 heterocycles. The van der Waals surface area contributed by atoms with Crippen LogP contribution in [0.15, 0.2) is 42.5 Å². The number of benzene rings is 2. The fourth-order valence-electron chi connectivity index (χ4n) is 2.92. The van der Waals surface area contributed by atoms with Crippen LogP contribution in [0.25, 0.3) is 0 Å². The highest BCUT2D eigenvalue weighted by Gasteiger charge is 2.21. The van der Waals surface area contributed by atoms with Crippen LogP contribution in [0.5, 0.6) is 0 Å². The number of rotatable bonds is 7. The molecule has 30 heavy (non-hydrogen) atoms. The van der Waals surface area contributed by atoms with Gasteiger partial charge in [-0.25, -0.2) is 8.78 Å². The van der Waals surface area contributed by atoms with Crippen LogP contribution < -0.4 is 10.2 Å². The molecule has 1 aliphatic heterocycles. The van der Waals surface area contributed by atoms with Gasteiger partial charge in [0.05, 0.1) is 0 Å². The summed E-state index contributed by atoms with van der Waals surface area (Å²) in [5, 5.41) is 2.36. The molecule has 156 valence electrons. The second-order valence-corrected chi connectivity index (χ2v) is 6.59. The normalized spacial score (nSPS) is 13.3. The monoisotopic (exact) mass is 416 g/mol. The lowest BCUT2D eigenvalue weighted by atomic mass is 10.1. The van der Waals surface area contributed by atoms with E-state index in [-0.39, 0.29) is 17.0 Å². The largest absolute Gasteiger partial charge is 0.456 e. The summed E-state index contributed by atoms with van der Waals surface area (Å²) in [5.41, 5.74) is 0.850. The van der Waals surface area contributed by atoms with E-state index in [9.17, 15) is 28.0 Å². The van der Waals surface area contributed by atoms with Crippen molar-refractivity contribution in [1.29, 1.82) is 0 Å². The molecule has 0 spiro atoms. The molecule has 0 saturated carbocycles. The van der Waals surface area contributed by atoms with Crippen molar-refractivity contribution in [1.82, 2.24) is 5.32 Å². The molecule has 2 amide bonds. The van der Waals surface area contributed by atoms with Gasteiger partial charge in [-0.1, -0.05) is 0 Å². The van der Waals surface area contributed by atoms with Gasteiger partial charge in [0.25, 0.3) is 5.91 Å². The molecule has 0 unspecified atom stereocenters. The molecular weight excluding hydrogens is 398 g/mol. The Kier molecular flexibility index (Phi) is 6.51. The lowest BCUT2D eigenvalue weighted by Gasteiger charge is -2.15. The number of ether oxygens (including phenoxy) is 1. The Bertz CT molecular complexity index is 991. The molecule has 1 fully saturated rings. The first-order valence-corrected chi connectivity index (χ1v) is 9.17. The van der Waals surface area contributed by atoms with Crippen molar-refractivity contribution in [2.75, 3.05) is 24.6 Å². The summed E-state index contributed by atoms with van der Waals surface area (Å²) in [6.45, 7) is -0.506. The fraction of sp³-hybridized carbons (Fsp3) is 0.238. The van der Waals surface area contributed by atoms with Gasteiger partial charge in [0.2, 0.25) is 5.91 Å². The van der Waals surface area contributed by atoms with Gasteiger partial charge >= 0.3 is 5.97 Å². The average Bonchev–Trinajstić information content (AvgIpc) is 3.18. The summed E-state index contributed by atoms with van der Waals surface area (Å²) < 4.78 is 30.8. The summed E-state index contributed by atoms with van der Waals surface area (Å²) in [7, 11) is 0. The third-order valence-electron chi connectivity index (χ3n) is 4.51. The smallest absolute Gasteiger partial charge is 0.325 e. The number of hydrogen-bond donors (Lipinski definition) is 1. The zero-order valence-electron chi connectivity index (χ0n) is 15.8. The van der Waals surface area contributed by atoms with Crippen LogP contribution in [-0.2, 0) is 14.3 Å². The Hall–Kier alpha value is -3.62. The first-order chi connectivity index (χ1) is 14.3. The van der Waals surface area contributed by atoms with Crippen LogP contribution in [0.4, 0.5) is 14.5 Å². The zero-order valence-corrected chi connectivity index (χ0v) is 15.8. The zero-order chi connectivity index (χ0) is 21.7. The van der Waals surface area contributed by atoms with Crippen molar-refractivity contribution in [2.24, 2.45) is 0 Å². The number of nitrogens with zero attached hydrogens (tertiary/aromatic N) is 1. The summed E-state index contributed by atoms with van der Waals surface area (Å²) in [4.78, 5) is 49.1. The van der Waals surface area contributed by atoms with Crippen LogP contribution in [0.2, 0.25) is 0 Å². The number of esters is 1. The molecule has 0 atom stereocenters. The lowest BCUT2D eigenvalue weighted by Crippen LogP contribution is -2.31. The molecule has 0 aliphatic carbocycles. The van der Waals surface area contributed by atoms with Crippen LogP contribution in [0, 0.1) is 11.6 Å². The molecule has 7 nitrogen and oxygen atoms in total.